The van der Waals surface area contributed by atoms with Gasteiger partial charge in [0.05, 0.1) is 7.11 Å². The maximum Gasteiger partial charge on any atom is 0.437 e. The summed E-state index contributed by atoms with van der Waals surface area (Å²) in [5.74, 6) is -0.600. The average Bonchev–Trinajstić information content (AvgIpc) is 2.90. The van der Waals surface area contributed by atoms with Crippen LogP contribution >= 0.6 is 0 Å². The minimum Gasteiger partial charge on any atom is -0.466 e. The predicted octanol–water partition coefficient (Wildman–Crippen LogP) is 2.95. The molecule has 0 bridgehead atoms. The number of guanidine groups is 1. The Morgan fingerprint density at radius 3 is 2.19 bits per heavy atom. The lowest BCUT2D eigenvalue weighted by Gasteiger charge is -2.25. The molecular formula is C18H29N3O6. The Morgan fingerprint density at radius 1 is 1.07 bits per heavy atom. The Hall–Kier alpha value is -2.58. The number of methoxy groups -OCH3 is 1. The average molecular weight is 383 g/mol. The van der Waals surface area contributed by atoms with Crippen LogP contribution in [0.25, 0.3) is 0 Å². The number of alkyl carbamates (subject to hydrolysis) is 1. The molecule has 0 aromatic carbocycles. The van der Waals surface area contributed by atoms with E-state index in [0.717, 1.165) is 0 Å². The van der Waals surface area contributed by atoms with E-state index in [1.807, 2.05) is 0 Å². The minimum absolute atomic E-state index is 0.0637. The monoisotopic (exact) mass is 383 g/mol. The number of carbonyl (C=O) groups excluding carboxylic acids is 3. The number of amides is 2. The highest BCUT2D eigenvalue weighted by Crippen LogP contribution is 2.22. The summed E-state index contributed by atoms with van der Waals surface area (Å²) < 4.78 is 15.1. The van der Waals surface area contributed by atoms with Crippen molar-refractivity contribution in [3.05, 3.63) is 11.8 Å². The van der Waals surface area contributed by atoms with Gasteiger partial charge in [-0.3, -0.25) is 5.32 Å². The van der Waals surface area contributed by atoms with E-state index in [4.69, 9.17) is 9.47 Å². The van der Waals surface area contributed by atoms with Crippen LogP contribution in [0, 0.1) is 0 Å². The second kappa shape index (κ2) is 8.88. The Balaban J connectivity index is 3.13. The Labute approximate surface area is 159 Å². The highest BCUT2D eigenvalue weighted by atomic mass is 16.6. The van der Waals surface area contributed by atoms with Crippen LogP contribution in [0.5, 0.6) is 0 Å². The number of hydrogen-bond donors (Lipinski definition) is 1. The minimum atomic E-state index is -0.863. The van der Waals surface area contributed by atoms with Crippen LogP contribution in [0.2, 0.25) is 0 Å². The maximum atomic E-state index is 12.2. The maximum absolute atomic E-state index is 12.2. The van der Waals surface area contributed by atoms with E-state index in [1.54, 1.807) is 46.4 Å². The van der Waals surface area contributed by atoms with Crippen molar-refractivity contribution >= 4 is 24.1 Å². The fourth-order valence-corrected chi connectivity index (χ4v) is 2.21. The summed E-state index contributed by atoms with van der Waals surface area (Å²) in [6.07, 6.45) is 0.950. The summed E-state index contributed by atoms with van der Waals surface area (Å²) in [5.41, 5.74) is -0.898. The standard InChI is InChI=1S/C18H29N3O6/c1-17(2,3)26-15(23)19-14(20-16(24)27-18(4,5)6)21-10-8-9-12(21)11-13(22)25-7/h11H,8-10H2,1-7H3,(H,19,20,23,24)/b12-11+. The van der Waals surface area contributed by atoms with Crippen LogP contribution in [0.3, 0.4) is 0 Å². The largest absolute Gasteiger partial charge is 0.466 e. The number of allylic oxidation sites excluding steroid dienone is 1. The fraction of sp³-hybridized carbons (Fsp3) is 0.667. The first-order valence-electron chi connectivity index (χ1n) is 8.68. The first-order chi connectivity index (χ1) is 12.3. The first-order valence-corrected chi connectivity index (χ1v) is 8.68. The second-order valence-electron chi connectivity index (χ2n) is 7.96. The quantitative estimate of drug-likeness (QED) is 0.244. The summed E-state index contributed by atoms with van der Waals surface area (Å²) in [7, 11) is 1.27. The highest BCUT2D eigenvalue weighted by Gasteiger charge is 2.28. The van der Waals surface area contributed by atoms with Crippen molar-refractivity contribution in [3.63, 3.8) is 0 Å². The van der Waals surface area contributed by atoms with Gasteiger partial charge in [0.1, 0.15) is 11.2 Å². The van der Waals surface area contributed by atoms with Crippen LogP contribution in [-0.4, -0.2) is 53.9 Å². The molecule has 27 heavy (non-hydrogen) atoms. The van der Waals surface area contributed by atoms with Gasteiger partial charge in [-0.2, -0.15) is 0 Å². The van der Waals surface area contributed by atoms with E-state index in [-0.39, 0.29) is 5.96 Å². The van der Waals surface area contributed by atoms with Gasteiger partial charge >= 0.3 is 18.2 Å². The number of likely N-dealkylation sites (tertiary alicyclic amines) is 1. The molecule has 0 saturated carbocycles. The molecule has 1 fully saturated rings. The molecule has 1 N–H and O–H groups in total. The van der Waals surface area contributed by atoms with Crippen LogP contribution < -0.4 is 5.32 Å². The summed E-state index contributed by atoms with van der Waals surface area (Å²) in [4.78, 5) is 41.3. The molecule has 1 saturated heterocycles. The lowest BCUT2D eigenvalue weighted by atomic mass is 10.2. The number of rotatable bonds is 1. The zero-order valence-electron chi connectivity index (χ0n) is 17.0. The van der Waals surface area contributed by atoms with Crippen molar-refractivity contribution < 1.29 is 28.6 Å². The molecule has 9 nitrogen and oxygen atoms in total. The molecule has 0 aliphatic carbocycles. The van der Waals surface area contributed by atoms with Crippen LogP contribution in [0.1, 0.15) is 54.4 Å². The number of carbonyl (C=O) groups is 3. The van der Waals surface area contributed by atoms with Crippen molar-refractivity contribution in [2.45, 2.75) is 65.6 Å². The number of ether oxygens (including phenoxy) is 3. The molecule has 1 aliphatic rings. The molecule has 2 amide bonds. The third kappa shape index (κ3) is 8.57. The topological polar surface area (TPSA) is 107 Å². The molecule has 0 radical (unpaired) electrons. The van der Waals surface area contributed by atoms with E-state index < -0.39 is 29.4 Å². The number of esters is 1. The zero-order valence-corrected chi connectivity index (χ0v) is 17.0. The Morgan fingerprint density at radius 2 is 1.67 bits per heavy atom. The van der Waals surface area contributed by atoms with Crippen LogP contribution in [-0.2, 0) is 19.0 Å². The van der Waals surface area contributed by atoms with Gasteiger partial charge in [0.2, 0.25) is 5.96 Å². The van der Waals surface area contributed by atoms with E-state index in [9.17, 15) is 14.4 Å². The molecule has 0 aromatic rings. The van der Waals surface area contributed by atoms with E-state index in [0.29, 0.717) is 25.1 Å². The lowest BCUT2D eigenvalue weighted by molar-refractivity contribution is -0.134. The molecule has 1 heterocycles. The van der Waals surface area contributed by atoms with Gasteiger partial charge in [-0.15, -0.1) is 4.99 Å². The van der Waals surface area contributed by atoms with Crippen LogP contribution in [0.15, 0.2) is 16.8 Å². The van der Waals surface area contributed by atoms with Gasteiger partial charge in [-0.25, -0.2) is 14.4 Å². The van der Waals surface area contributed by atoms with E-state index in [1.165, 1.54) is 13.2 Å². The molecule has 1 aliphatic heterocycles. The summed E-state index contributed by atoms with van der Waals surface area (Å²) in [6, 6.07) is 0. The van der Waals surface area contributed by atoms with Gasteiger partial charge in [0.15, 0.2) is 0 Å². The zero-order chi connectivity index (χ0) is 20.8. The number of nitrogens with one attached hydrogen (secondary N) is 1. The summed E-state index contributed by atoms with van der Waals surface area (Å²) >= 11 is 0. The Bertz CT molecular complexity index is 640. The number of hydrogen-bond acceptors (Lipinski definition) is 6. The molecule has 9 heteroatoms. The van der Waals surface area contributed by atoms with E-state index in [2.05, 4.69) is 15.0 Å². The predicted molar refractivity (Wildman–Crippen MR) is 99.1 cm³/mol. The highest BCUT2D eigenvalue weighted by molar-refractivity contribution is 6.00. The van der Waals surface area contributed by atoms with Crippen molar-refractivity contribution in [2.75, 3.05) is 13.7 Å². The fourth-order valence-electron chi connectivity index (χ4n) is 2.21. The van der Waals surface area contributed by atoms with E-state index >= 15 is 0 Å². The Kier molecular flexibility index (Phi) is 7.38. The number of nitrogens with zero attached hydrogens (tertiary/aromatic N) is 2. The second-order valence-corrected chi connectivity index (χ2v) is 7.96. The third-order valence-electron chi connectivity index (χ3n) is 3.11. The summed E-state index contributed by atoms with van der Waals surface area (Å²) in [5, 5.41) is 2.47. The van der Waals surface area contributed by atoms with Crippen molar-refractivity contribution in [1.82, 2.24) is 10.2 Å². The molecule has 0 spiro atoms. The molecule has 0 unspecified atom stereocenters. The lowest BCUT2D eigenvalue weighted by Crippen LogP contribution is -2.45. The summed E-state index contributed by atoms with van der Waals surface area (Å²) in [6.45, 7) is 10.7. The van der Waals surface area contributed by atoms with Gasteiger partial charge in [0.25, 0.3) is 0 Å². The number of aliphatic imine (C=N–C) groups is 1. The van der Waals surface area contributed by atoms with Crippen molar-refractivity contribution in [3.8, 4) is 0 Å². The molecule has 152 valence electrons. The third-order valence-corrected chi connectivity index (χ3v) is 3.11. The van der Waals surface area contributed by atoms with Gasteiger partial charge in [-0.05, 0) is 54.4 Å². The molecule has 0 atom stereocenters. The van der Waals surface area contributed by atoms with Gasteiger partial charge in [0, 0.05) is 18.3 Å². The van der Waals surface area contributed by atoms with Gasteiger partial charge < -0.3 is 19.1 Å². The SMILES string of the molecule is COC(=O)/C=C1\CCCN1/C(=N\C(=O)OC(C)(C)C)NC(=O)OC(C)(C)C. The van der Waals surface area contributed by atoms with Gasteiger partial charge in [-0.1, -0.05) is 0 Å². The smallest absolute Gasteiger partial charge is 0.437 e. The first kappa shape index (κ1) is 22.5. The molecular weight excluding hydrogens is 354 g/mol. The normalized spacial score (nSPS) is 16.9. The van der Waals surface area contributed by atoms with Crippen molar-refractivity contribution in [2.24, 2.45) is 4.99 Å². The van der Waals surface area contributed by atoms with Crippen LogP contribution in [0.4, 0.5) is 9.59 Å². The molecule has 1 rings (SSSR count). The molecule has 0 aromatic heterocycles. The van der Waals surface area contributed by atoms with Crippen molar-refractivity contribution in [1.29, 1.82) is 0 Å².